The molecule has 0 spiro atoms. The summed E-state index contributed by atoms with van der Waals surface area (Å²) in [5.41, 5.74) is 3.02. The Morgan fingerprint density at radius 1 is 1.03 bits per heavy atom. The summed E-state index contributed by atoms with van der Waals surface area (Å²) < 4.78 is 37.9. The lowest BCUT2D eigenvalue weighted by molar-refractivity contribution is -0.137. The molecule has 1 aromatic carbocycles. The molecule has 0 atom stereocenters. The van der Waals surface area contributed by atoms with Crippen molar-refractivity contribution in [2.75, 3.05) is 18.4 Å². The summed E-state index contributed by atoms with van der Waals surface area (Å²) in [5.74, 6) is 0.0646. The molecule has 1 N–H and O–H groups in total. The van der Waals surface area contributed by atoms with Crippen molar-refractivity contribution in [2.45, 2.75) is 51.1 Å². The van der Waals surface area contributed by atoms with Gasteiger partial charge in [-0.15, -0.1) is 0 Å². The zero-order chi connectivity index (χ0) is 26.4. The summed E-state index contributed by atoms with van der Waals surface area (Å²) in [4.78, 5) is 35.0. The number of anilines is 1. The Labute approximate surface area is 213 Å². The molecule has 1 fully saturated rings. The third-order valence-corrected chi connectivity index (χ3v) is 6.66. The number of nitrogens with one attached hydrogen (secondary N) is 1. The number of hydrogen-bond acceptors (Lipinski definition) is 4. The lowest BCUT2D eigenvalue weighted by atomic mass is 9.89. The lowest BCUT2D eigenvalue weighted by Gasteiger charge is -2.32. The fraction of sp³-hybridized carbons (Fsp3) is 0.357. The molecule has 0 radical (unpaired) electrons. The summed E-state index contributed by atoms with van der Waals surface area (Å²) in [6.07, 6.45) is 0.966. The van der Waals surface area contributed by atoms with Crippen molar-refractivity contribution in [2.24, 2.45) is 0 Å². The van der Waals surface area contributed by atoms with Crippen molar-refractivity contribution in [1.82, 2.24) is 14.9 Å². The van der Waals surface area contributed by atoms with Crippen LogP contribution in [0.1, 0.15) is 65.0 Å². The Morgan fingerprint density at radius 2 is 1.76 bits per heavy atom. The number of amides is 2. The number of alkyl halides is 3. The predicted octanol–water partition coefficient (Wildman–Crippen LogP) is 5.65. The van der Waals surface area contributed by atoms with Gasteiger partial charge in [-0.3, -0.25) is 19.6 Å². The zero-order valence-corrected chi connectivity index (χ0v) is 20.6. The van der Waals surface area contributed by atoms with Crippen LogP contribution in [0.25, 0.3) is 0 Å². The van der Waals surface area contributed by atoms with Crippen LogP contribution in [0.4, 0.5) is 18.9 Å². The Morgan fingerprint density at radius 3 is 2.38 bits per heavy atom. The van der Waals surface area contributed by atoms with Gasteiger partial charge in [0.15, 0.2) is 0 Å². The van der Waals surface area contributed by atoms with Gasteiger partial charge < -0.3 is 10.2 Å². The molecule has 3 heterocycles. The summed E-state index contributed by atoms with van der Waals surface area (Å²) in [7, 11) is 0. The van der Waals surface area contributed by atoms with Crippen LogP contribution in [0.2, 0.25) is 0 Å². The summed E-state index contributed by atoms with van der Waals surface area (Å²) in [6.45, 7) is 3.38. The Hall–Kier alpha value is -3.75. The second kappa shape index (κ2) is 11.5. The van der Waals surface area contributed by atoms with Crippen molar-refractivity contribution in [3.05, 3.63) is 89.0 Å². The number of piperidine rings is 1. The van der Waals surface area contributed by atoms with Crippen LogP contribution in [0, 0.1) is 0 Å². The first-order valence-corrected chi connectivity index (χ1v) is 12.4. The van der Waals surface area contributed by atoms with Crippen molar-refractivity contribution >= 4 is 17.5 Å². The van der Waals surface area contributed by atoms with E-state index in [4.69, 9.17) is 0 Å². The first kappa shape index (κ1) is 26.3. The van der Waals surface area contributed by atoms with E-state index >= 15 is 0 Å². The van der Waals surface area contributed by atoms with Gasteiger partial charge in [-0.25, -0.2) is 0 Å². The van der Waals surface area contributed by atoms with Gasteiger partial charge in [-0.1, -0.05) is 19.1 Å². The first-order chi connectivity index (χ1) is 17.7. The summed E-state index contributed by atoms with van der Waals surface area (Å²) in [5, 5.41) is 2.82. The highest BCUT2D eigenvalue weighted by Crippen LogP contribution is 2.30. The highest BCUT2D eigenvalue weighted by Gasteiger charge is 2.30. The summed E-state index contributed by atoms with van der Waals surface area (Å²) >= 11 is 0. The molecule has 4 rings (SSSR count). The first-order valence-electron chi connectivity index (χ1n) is 12.4. The molecule has 6 nitrogen and oxygen atoms in total. The normalized spacial score (nSPS) is 14.4. The van der Waals surface area contributed by atoms with Gasteiger partial charge in [0.25, 0.3) is 5.91 Å². The molecule has 37 heavy (non-hydrogen) atoms. The van der Waals surface area contributed by atoms with E-state index in [1.165, 1.54) is 6.07 Å². The van der Waals surface area contributed by atoms with Gasteiger partial charge >= 0.3 is 6.18 Å². The Kier molecular flexibility index (Phi) is 8.21. The molecule has 194 valence electrons. The van der Waals surface area contributed by atoms with Crippen LogP contribution >= 0.6 is 0 Å². The minimum absolute atomic E-state index is 0.0293. The molecule has 3 aromatic rings. The largest absolute Gasteiger partial charge is 0.417 e. The van der Waals surface area contributed by atoms with E-state index in [0.717, 1.165) is 42.7 Å². The molecule has 1 aliphatic heterocycles. The number of aryl methyl sites for hydroxylation is 2. The molecule has 2 aromatic heterocycles. The smallest absolute Gasteiger partial charge is 0.337 e. The van der Waals surface area contributed by atoms with Gasteiger partial charge in [0, 0.05) is 43.3 Å². The van der Waals surface area contributed by atoms with E-state index in [2.05, 4.69) is 15.3 Å². The van der Waals surface area contributed by atoms with E-state index < -0.39 is 11.7 Å². The fourth-order valence-electron chi connectivity index (χ4n) is 4.43. The van der Waals surface area contributed by atoms with Crippen LogP contribution in [0.5, 0.6) is 0 Å². The number of pyridine rings is 2. The maximum atomic E-state index is 12.8. The van der Waals surface area contributed by atoms with Gasteiger partial charge in [-0.05, 0) is 79.1 Å². The van der Waals surface area contributed by atoms with Crippen LogP contribution in [0.3, 0.4) is 0 Å². The van der Waals surface area contributed by atoms with Crippen LogP contribution in [-0.4, -0.2) is 39.8 Å². The molecule has 0 aliphatic carbocycles. The van der Waals surface area contributed by atoms with Crippen molar-refractivity contribution in [1.29, 1.82) is 0 Å². The van der Waals surface area contributed by atoms with Gasteiger partial charge in [-0.2, -0.15) is 13.2 Å². The molecule has 0 saturated carbocycles. The molecule has 0 unspecified atom stereocenters. The van der Waals surface area contributed by atoms with Crippen LogP contribution in [0.15, 0.2) is 60.9 Å². The van der Waals surface area contributed by atoms with E-state index in [0.29, 0.717) is 36.1 Å². The predicted molar refractivity (Wildman–Crippen MR) is 134 cm³/mol. The maximum Gasteiger partial charge on any atom is 0.417 e. The Bertz CT molecular complexity index is 1220. The number of hydrogen-bond donors (Lipinski definition) is 1. The van der Waals surface area contributed by atoms with Crippen molar-refractivity contribution < 1.29 is 22.8 Å². The quantitative estimate of drug-likeness (QED) is 0.446. The molecule has 0 bridgehead atoms. The molecule has 9 heteroatoms. The standard InChI is InChI=1S/C28H29F3N4O2/c1-2-19-11-14-32-25(17-19)27(37)35-15-12-21(13-16-35)20-3-6-24(7-4-20)34-26(36)10-9-23-8-5-22(18-33-23)28(29,30)31/h3-8,11,14,17-18,21H,2,9-10,12-13,15-16H2,1H3,(H,34,36). The van der Waals surface area contributed by atoms with Gasteiger partial charge in [0.2, 0.25) is 5.91 Å². The minimum Gasteiger partial charge on any atom is -0.337 e. The summed E-state index contributed by atoms with van der Waals surface area (Å²) in [6, 6.07) is 13.7. The topological polar surface area (TPSA) is 75.2 Å². The molecule has 1 aliphatic rings. The maximum absolute atomic E-state index is 12.8. The number of benzene rings is 1. The number of rotatable bonds is 7. The van der Waals surface area contributed by atoms with Gasteiger partial charge in [0.05, 0.1) is 5.56 Å². The van der Waals surface area contributed by atoms with Crippen LogP contribution in [-0.2, 0) is 23.8 Å². The van der Waals surface area contributed by atoms with Crippen LogP contribution < -0.4 is 5.32 Å². The van der Waals surface area contributed by atoms with E-state index in [1.54, 1.807) is 6.20 Å². The monoisotopic (exact) mass is 510 g/mol. The van der Waals surface area contributed by atoms with E-state index in [-0.39, 0.29) is 24.7 Å². The number of carbonyl (C=O) groups excluding carboxylic acids is 2. The Balaban J connectivity index is 1.24. The number of nitrogens with zero attached hydrogens (tertiary/aromatic N) is 3. The number of likely N-dealkylation sites (tertiary alicyclic amines) is 1. The second-order valence-corrected chi connectivity index (χ2v) is 9.18. The number of carbonyl (C=O) groups is 2. The molecule has 2 amide bonds. The van der Waals surface area contributed by atoms with Gasteiger partial charge in [0.1, 0.15) is 5.69 Å². The zero-order valence-electron chi connectivity index (χ0n) is 20.6. The number of aromatic nitrogens is 2. The van der Waals surface area contributed by atoms with Crippen molar-refractivity contribution in [3.8, 4) is 0 Å². The minimum atomic E-state index is -4.43. The highest BCUT2D eigenvalue weighted by atomic mass is 19.4. The van der Waals surface area contributed by atoms with Crippen molar-refractivity contribution in [3.63, 3.8) is 0 Å². The molecule has 1 saturated heterocycles. The number of halogens is 3. The second-order valence-electron chi connectivity index (χ2n) is 9.18. The molecular formula is C28H29F3N4O2. The van der Waals surface area contributed by atoms with E-state index in [1.807, 2.05) is 48.2 Å². The SMILES string of the molecule is CCc1ccnc(C(=O)N2CCC(c3ccc(NC(=O)CCc4ccc(C(F)(F)F)cn4)cc3)CC2)c1. The average molecular weight is 511 g/mol. The average Bonchev–Trinajstić information content (AvgIpc) is 2.92. The highest BCUT2D eigenvalue weighted by molar-refractivity contribution is 5.92. The third kappa shape index (κ3) is 6.93. The lowest BCUT2D eigenvalue weighted by Crippen LogP contribution is -2.38. The molecular weight excluding hydrogens is 481 g/mol. The fourth-order valence-corrected chi connectivity index (χ4v) is 4.43. The third-order valence-electron chi connectivity index (χ3n) is 6.66. The van der Waals surface area contributed by atoms with E-state index in [9.17, 15) is 22.8 Å².